The Bertz CT molecular complexity index is 349. The summed E-state index contributed by atoms with van der Waals surface area (Å²) in [4.78, 5) is 11.5. The molecule has 0 aliphatic rings. The van der Waals surface area contributed by atoms with E-state index in [2.05, 4.69) is 5.32 Å². The third-order valence-corrected chi connectivity index (χ3v) is 2.47. The first-order valence-electron chi connectivity index (χ1n) is 5.06. The van der Waals surface area contributed by atoms with Crippen LogP contribution in [0, 0.1) is 5.92 Å². The lowest BCUT2D eigenvalue weighted by Crippen LogP contribution is -2.30. The number of rotatable bonds is 3. The zero-order valence-electron chi connectivity index (χ0n) is 9.25. The van der Waals surface area contributed by atoms with E-state index in [1.165, 1.54) is 0 Å². The second-order valence-corrected chi connectivity index (χ2v) is 4.38. The van der Waals surface area contributed by atoms with E-state index in [1.54, 1.807) is 0 Å². The molecule has 1 amide bonds. The highest BCUT2D eigenvalue weighted by atomic mass is 35.5. The van der Waals surface area contributed by atoms with Gasteiger partial charge in [-0.25, -0.2) is 0 Å². The van der Waals surface area contributed by atoms with Crippen molar-refractivity contribution in [3.8, 4) is 0 Å². The summed E-state index contributed by atoms with van der Waals surface area (Å²) in [5.41, 5.74) is 1.02. The molecule has 0 aliphatic carbocycles. The van der Waals surface area contributed by atoms with Gasteiger partial charge in [0, 0.05) is 10.9 Å². The number of hydrogen-bond donors (Lipinski definition) is 1. The van der Waals surface area contributed by atoms with Crippen LogP contribution in [0.2, 0.25) is 5.02 Å². The van der Waals surface area contributed by atoms with Crippen molar-refractivity contribution in [1.82, 2.24) is 5.32 Å². The molecule has 82 valence electrons. The summed E-state index contributed by atoms with van der Waals surface area (Å²) in [7, 11) is 0. The molecule has 0 saturated carbocycles. The number of halogens is 1. The van der Waals surface area contributed by atoms with Crippen LogP contribution in [0.15, 0.2) is 24.3 Å². The molecule has 1 N–H and O–H groups in total. The van der Waals surface area contributed by atoms with Gasteiger partial charge in [-0.1, -0.05) is 37.6 Å². The molecule has 0 fully saturated rings. The highest BCUT2D eigenvalue weighted by Gasteiger charge is 2.12. The van der Waals surface area contributed by atoms with E-state index in [0.29, 0.717) is 5.02 Å². The van der Waals surface area contributed by atoms with Gasteiger partial charge in [-0.05, 0) is 24.6 Å². The summed E-state index contributed by atoms with van der Waals surface area (Å²) >= 11 is 5.88. The van der Waals surface area contributed by atoms with Crippen LogP contribution in [0.1, 0.15) is 32.4 Å². The Labute approximate surface area is 95.6 Å². The predicted molar refractivity (Wildman–Crippen MR) is 62.8 cm³/mol. The van der Waals surface area contributed by atoms with Crippen LogP contribution in [0.5, 0.6) is 0 Å². The highest BCUT2D eigenvalue weighted by Crippen LogP contribution is 2.17. The molecule has 15 heavy (non-hydrogen) atoms. The van der Waals surface area contributed by atoms with Crippen LogP contribution in [0.4, 0.5) is 0 Å². The molecule has 1 unspecified atom stereocenters. The van der Waals surface area contributed by atoms with Crippen LogP contribution >= 0.6 is 11.6 Å². The summed E-state index contributed by atoms with van der Waals surface area (Å²) in [6.45, 7) is 5.70. The van der Waals surface area contributed by atoms with E-state index >= 15 is 0 Å². The first kappa shape index (κ1) is 12.1. The lowest BCUT2D eigenvalue weighted by Gasteiger charge is -2.16. The van der Waals surface area contributed by atoms with Gasteiger partial charge < -0.3 is 5.32 Å². The van der Waals surface area contributed by atoms with Gasteiger partial charge in [0.2, 0.25) is 5.91 Å². The fourth-order valence-electron chi connectivity index (χ4n) is 1.24. The summed E-state index contributed by atoms with van der Waals surface area (Å²) in [6, 6.07) is 7.53. The smallest absolute Gasteiger partial charge is 0.223 e. The molecule has 1 aromatic rings. The van der Waals surface area contributed by atoms with Gasteiger partial charge in [0.25, 0.3) is 0 Å². The predicted octanol–water partition coefficient (Wildman–Crippen LogP) is 3.17. The fourth-order valence-corrected chi connectivity index (χ4v) is 1.44. The van der Waals surface area contributed by atoms with Crippen molar-refractivity contribution < 1.29 is 4.79 Å². The monoisotopic (exact) mass is 225 g/mol. The van der Waals surface area contributed by atoms with Crippen LogP contribution in [0.25, 0.3) is 0 Å². The number of hydrogen-bond acceptors (Lipinski definition) is 1. The van der Waals surface area contributed by atoms with Crippen LogP contribution in [-0.4, -0.2) is 5.91 Å². The Morgan fingerprint density at radius 3 is 2.53 bits per heavy atom. The molecule has 1 aromatic carbocycles. The molecule has 1 atom stereocenters. The van der Waals surface area contributed by atoms with E-state index in [4.69, 9.17) is 11.6 Å². The largest absolute Gasteiger partial charge is 0.349 e. The number of carbonyl (C=O) groups excluding carboxylic acids is 1. The maximum absolute atomic E-state index is 11.5. The molecular weight excluding hydrogens is 210 g/mol. The fraction of sp³-hybridized carbons (Fsp3) is 0.417. The third kappa shape index (κ3) is 3.56. The molecule has 0 spiro atoms. The van der Waals surface area contributed by atoms with Crippen molar-refractivity contribution >= 4 is 17.5 Å². The van der Waals surface area contributed by atoms with Crippen molar-refractivity contribution in [3.63, 3.8) is 0 Å². The van der Waals surface area contributed by atoms with E-state index in [9.17, 15) is 4.79 Å². The lowest BCUT2D eigenvalue weighted by molar-refractivity contribution is -0.124. The molecule has 1 rings (SSSR count). The minimum atomic E-state index is -0.00130. The van der Waals surface area contributed by atoms with Gasteiger partial charge in [-0.3, -0.25) is 4.79 Å². The van der Waals surface area contributed by atoms with Gasteiger partial charge in [-0.15, -0.1) is 0 Å². The topological polar surface area (TPSA) is 29.1 Å². The molecular formula is C12H16ClNO. The van der Waals surface area contributed by atoms with Gasteiger partial charge in [0.15, 0.2) is 0 Å². The molecule has 3 heteroatoms. The van der Waals surface area contributed by atoms with Crippen molar-refractivity contribution in [2.45, 2.75) is 26.8 Å². The number of benzene rings is 1. The Morgan fingerprint density at radius 1 is 1.33 bits per heavy atom. The highest BCUT2D eigenvalue weighted by molar-refractivity contribution is 6.30. The third-order valence-electron chi connectivity index (χ3n) is 2.23. The normalized spacial score (nSPS) is 12.6. The molecule has 0 heterocycles. The molecule has 0 bridgehead atoms. The first-order chi connectivity index (χ1) is 7.00. The summed E-state index contributed by atoms with van der Waals surface area (Å²) in [6.07, 6.45) is 0. The first-order valence-corrected chi connectivity index (χ1v) is 5.44. The van der Waals surface area contributed by atoms with Gasteiger partial charge in [0.1, 0.15) is 0 Å². The van der Waals surface area contributed by atoms with Crippen molar-refractivity contribution in [1.29, 1.82) is 0 Å². The molecule has 0 aliphatic heterocycles. The zero-order chi connectivity index (χ0) is 11.4. The summed E-state index contributed by atoms with van der Waals surface area (Å²) in [5.74, 6) is 0.0640. The van der Waals surface area contributed by atoms with Crippen LogP contribution in [0.3, 0.4) is 0 Å². The van der Waals surface area contributed by atoms with Gasteiger partial charge in [0.05, 0.1) is 6.04 Å². The molecule has 2 nitrogen and oxygen atoms in total. The average molecular weight is 226 g/mol. The number of carbonyl (C=O) groups is 1. The minimum Gasteiger partial charge on any atom is -0.349 e. The Kier molecular flexibility index (Phi) is 4.15. The molecule has 0 aromatic heterocycles. The SMILES string of the molecule is CC(C)C(=O)NC(C)c1cccc(Cl)c1. The molecule has 0 radical (unpaired) electrons. The lowest BCUT2D eigenvalue weighted by atomic mass is 10.1. The maximum Gasteiger partial charge on any atom is 0.223 e. The minimum absolute atomic E-state index is 0.00130. The Balaban J connectivity index is 2.69. The standard InChI is InChI=1S/C12H16ClNO/c1-8(2)12(15)14-9(3)10-5-4-6-11(13)7-10/h4-9H,1-3H3,(H,14,15). The Morgan fingerprint density at radius 2 is 2.00 bits per heavy atom. The van der Waals surface area contributed by atoms with Gasteiger partial charge in [-0.2, -0.15) is 0 Å². The average Bonchev–Trinajstić information content (AvgIpc) is 2.17. The van der Waals surface area contributed by atoms with Crippen LogP contribution in [-0.2, 0) is 4.79 Å². The second kappa shape index (κ2) is 5.17. The van der Waals surface area contributed by atoms with Crippen molar-refractivity contribution in [2.75, 3.05) is 0 Å². The van der Waals surface area contributed by atoms with Crippen molar-refractivity contribution in [3.05, 3.63) is 34.9 Å². The van der Waals surface area contributed by atoms with E-state index in [-0.39, 0.29) is 17.9 Å². The van der Waals surface area contributed by atoms with E-state index in [0.717, 1.165) is 5.56 Å². The van der Waals surface area contributed by atoms with Crippen molar-refractivity contribution in [2.24, 2.45) is 5.92 Å². The number of amides is 1. The Hall–Kier alpha value is -1.02. The molecule has 0 saturated heterocycles. The maximum atomic E-state index is 11.5. The quantitative estimate of drug-likeness (QED) is 0.841. The summed E-state index contributed by atoms with van der Waals surface area (Å²) < 4.78 is 0. The van der Waals surface area contributed by atoms with Crippen LogP contribution < -0.4 is 5.32 Å². The zero-order valence-corrected chi connectivity index (χ0v) is 10.0. The van der Waals surface area contributed by atoms with E-state index < -0.39 is 0 Å². The number of nitrogens with one attached hydrogen (secondary N) is 1. The second-order valence-electron chi connectivity index (χ2n) is 3.94. The van der Waals surface area contributed by atoms with E-state index in [1.807, 2.05) is 45.0 Å². The van der Waals surface area contributed by atoms with Gasteiger partial charge >= 0.3 is 0 Å². The summed E-state index contributed by atoms with van der Waals surface area (Å²) in [5, 5.41) is 3.62.